The number of likely N-dealkylation sites (N-methyl/N-ethyl adjacent to an activating group) is 1. The Kier molecular flexibility index (Phi) is 17.5. The molecule has 0 bridgehead atoms. The van der Waals surface area contributed by atoms with Crippen LogP contribution in [-0.4, -0.2) is 70.3 Å². The molecule has 0 fully saturated rings. The van der Waals surface area contributed by atoms with Crippen molar-refractivity contribution >= 4 is 35.8 Å². The molecule has 0 heterocycles. The predicted molar refractivity (Wildman–Crippen MR) is 136 cm³/mol. The number of amides is 1. The first kappa shape index (κ1) is 28.6. The molecule has 3 N–H and O–H groups in total. The van der Waals surface area contributed by atoms with E-state index in [0.717, 1.165) is 63.6 Å². The molecule has 1 aromatic carbocycles. The second-order valence-corrected chi connectivity index (χ2v) is 7.20. The molecule has 1 rings (SSSR count). The summed E-state index contributed by atoms with van der Waals surface area (Å²) < 4.78 is 5.58. The molecule has 0 saturated heterocycles. The lowest BCUT2D eigenvalue weighted by atomic mass is 10.1. The number of benzene rings is 1. The number of aliphatic imine (C=N–C) groups is 1. The molecule has 7 nitrogen and oxygen atoms in total. The van der Waals surface area contributed by atoms with E-state index < -0.39 is 0 Å². The predicted octanol–water partition coefficient (Wildman–Crippen LogP) is 2.86. The zero-order chi connectivity index (χ0) is 21.3. The number of hydrogen-bond donors (Lipinski definition) is 3. The van der Waals surface area contributed by atoms with Gasteiger partial charge >= 0.3 is 0 Å². The molecule has 30 heavy (non-hydrogen) atoms. The topological polar surface area (TPSA) is 78.0 Å². The monoisotopic (exact) mass is 533 g/mol. The molecule has 0 atom stereocenters. The molecular weight excluding hydrogens is 493 g/mol. The van der Waals surface area contributed by atoms with Crippen molar-refractivity contribution in [1.82, 2.24) is 20.9 Å². The first-order valence-corrected chi connectivity index (χ1v) is 10.7. The average molecular weight is 533 g/mol. The third kappa shape index (κ3) is 13.8. The Balaban J connectivity index is 0.00000841. The molecule has 0 aliphatic heterocycles. The van der Waals surface area contributed by atoms with Gasteiger partial charge in [0.1, 0.15) is 0 Å². The minimum absolute atomic E-state index is 0. The number of halogens is 1. The van der Waals surface area contributed by atoms with Crippen molar-refractivity contribution in [3.05, 3.63) is 35.4 Å². The molecular formula is C22H40IN5O2. The summed E-state index contributed by atoms with van der Waals surface area (Å²) in [7, 11) is 3.97. The van der Waals surface area contributed by atoms with Gasteiger partial charge in [0.2, 0.25) is 0 Å². The van der Waals surface area contributed by atoms with Gasteiger partial charge in [-0.15, -0.1) is 24.0 Å². The number of unbranched alkanes of at least 4 members (excludes halogenated alkanes) is 1. The highest BCUT2D eigenvalue weighted by Gasteiger charge is 2.06. The van der Waals surface area contributed by atoms with Crippen LogP contribution in [0.2, 0.25) is 0 Å². The van der Waals surface area contributed by atoms with E-state index in [4.69, 9.17) is 4.74 Å². The van der Waals surface area contributed by atoms with E-state index in [1.54, 1.807) is 0 Å². The first-order chi connectivity index (χ1) is 14.1. The van der Waals surface area contributed by atoms with Crippen LogP contribution in [0.1, 0.15) is 49.0 Å². The largest absolute Gasteiger partial charge is 0.381 e. The van der Waals surface area contributed by atoms with Crippen molar-refractivity contribution in [2.75, 3.05) is 53.5 Å². The highest BCUT2D eigenvalue weighted by atomic mass is 127. The minimum Gasteiger partial charge on any atom is -0.381 e. The van der Waals surface area contributed by atoms with E-state index in [1.807, 2.05) is 50.2 Å². The Morgan fingerprint density at radius 2 is 1.83 bits per heavy atom. The van der Waals surface area contributed by atoms with Crippen LogP contribution in [0.25, 0.3) is 0 Å². The zero-order valence-corrected chi connectivity index (χ0v) is 21.3. The average Bonchev–Trinajstić information content (AvgIpc) is 2.71. The van der Waals surface area contributed by atoms with Crippen LogP contribution in [-0.2, 0) is 11.3 Å². The highest BCUT2D eigenvalue weighted by molar-refractivity contribution is 14.0. The lowest BCUT2D eigenvalue weighted by Crippen LogP contribution is -2.38. The maximum atomic E-state index is 12.3. The van der Waals surface area contributed by atoms with Gasteiger partial charge in [0, 0.05) is 45.0 Å². The van der Waals surface area contributed by atoms with Gasteiger partial charge in [0.25, 0.3) is 5.91 Å². The van der Waals surface area contributed by atoms with Gasteiger partial charge in [-0.2, -0.15) is 0 Å². The van der Waals surface area contributed by atoms with Gasteiger partial charge < -0.3 is 25.6 Å². The third-order valence-corrected chi connectivity index (χ3v) is 4.20. The summed E-state index contributed by atoms with van der Waals surface area (Å²) in [5.74, 6) is 0.729. The number of carbonyl (C=O) groups is 1. The number of nitrogens with one attached hydrogen (secondary N) is 3. The summed E-state index contributed by atoms with van der Waals surface area (Å²) in [6.45, 7) is 9.38. The quantitative estimate of drug-likeness (QED) is 0.148. The third-order valence-electron chi connectivity index (χ3n) is 4.20. The van der Waals surface area contributed by atoms with Crippen LogP contribution in [0, 0.1) is 0 Å². The molecule has 0 aliphatic carbocycles. The normalized spacial score (nSPS) is 11.2. The number of guanidine groups is 1. The molecule has 0 spiro atoms. The van der Waals surface area contributed by atoms with Gasteiger partial charge in [-0.05, 0) is 51.6 Å². The SMILES string of the molecule is CCCCOCCCNC(=NCc1cccc(C(=O)NCCN(C)C)c1)NCC.I. The number of rotatable bonds is 14. The fourth-order valence-electron chi connectivity index (χ4n) is 2.55. The Bertz CT molecular complexity index is 611. The number of hydrogen-bond acceptors (Lipinski definition) is 4. The van der Waals surface area contributed by atoms with Crippen molar-refractivity contribution in [2.45, 2.75) is 39.7 Å². The summed E-state index contributed by atoms with van der Waals surface area (Å²) in [6.07, 6.45) is 3.22. The molecule has 8 heteroatoms. The fourth-order valence-corrected chi connectivity index (χ4v) is 2.55. The second-order valence-electron chi connectivity index (χ2n) is 7.20. The van der Waals surface area contributed by atoms with E-state index in [2.05, 4.69) is 27.9 Å². The zero-order valence-electron chi connectivity index (χ0n) is 19.0. The van der Waals surface area contributed by atoms with Crippen molar-refractivity contribution < 1.29 is 9.53 Å². The highest BCUT2D eigenvalue weighted by Crippen LogP contribution is 2.07. The Morgan fingerprint density at radius 1 is 1.07 bits per heavy atom. The standard InChI is InChI=1S/C22H39N5O2.HI/c1-5-7-15-29-16-9-12-25-22(23-6-2)26-18-19-10-8-11-20(17-19)21(28)24-13-14-27(3)4;/h8,10-11,17H,5-7,9,12-16,18H2,1-4H3,(H,24,28)(H2,23,25,26);1H. The van der Waals surface area contributed by atoms with Crippen molar-refractivity contribution in [2.24, 2.45) is 4.99 Å². The molecule has 0 radical (unpaired) electrons. The summed E-state index contributed by atoms with van der Waals surface area (Å²) in [5.41, 5.74) is 1.67. The maximum Gasteiger partial charge on any atom is 0.251 e. The van der Waals surface area contributed by atoms with Crippen LogP contribution >= 0.6 is 24.0 Å². The second kappa shape index (κ2) is 18.4. The van der Waals surface area contributed by atoms with E-state index in [0.29, 0.717) is 18.7 Å². The minimum atomic E-state index is -0.0502. The van der Waals surface area contributed by atoms with Crippen LogP contribution in [0.15, 0.2) is 29.3 Å². The maximum absolute atomic E-state index is 12.3. The van der Waals surface area contributed by atoms with Crippen molar-refractivity contribution in [3.63, 3.8) is 0 Å². The van der Waals surface area contributed by atoms with E-state index >= 15 is 0 Å². The van der Waals surface area contributed by atoms with Crippen LogP contribution < -0.4 is 16.0 Å². The van der Waals surface area contributed by atoms with Crippen LogP contribution in [0.5, 0.6) is 0 Å². The Morgan fingerprint density at radius 3 is 2.53 bits per heavy atom. The van der Waals surface area contributed by atoms with Crippen molar-refractivity contribution in [3.8, 4) is 0 Å². The van der Waals surface area contributed by atoms with Gasteiger partial charge in [-0.3, -0.25) is 4.79 Å². The van der Waals surface area contributed by atoms with E-state index in [9.17, 15) is 4.79 Å². The lowest BCUT2D eigenvalue weighted by molar-refractivity contribution is 0.0951. The summed E-state index contributed by atoms with van der Waals surface area (Å²) in [4.78, 5) is 19.0. The number of ether oxygens (including phenoxy) is 1. The molecule has 1 aromatic rings. The molecule has 172 valence electrons. The van der Waals surface area contributed by atoms with Gasteiger partial charge in [-0.25, -0.2) is 4.99 Å². The molecule has 0 aromatic heterocycles. The van der Waals surface area contributed by atoms with E-state index in [-0.39, 0.29) is 29.9 Å². The fraction of sp³-hybridized carbons (Fsp3) is 0.636. The summed E-state index contributed by atoms with van der Waals surface area (Å²) in [5, 5.41) is 9.53. The first-order valence-electron chi connectivity index (χ1n) is 10.7. The summed E-state index contributed by atoms with van der Waals surface area (Å²) >= 11 is 0. The lowest BCUT2D eigenvalue weighted by Gasteiger charge is -2.12. The Labute approximate surface area is 199 Å². The summed E-state index contributed by atoms with van der Waals surface area (Å²) in [6, 6.07) is 7.63. The smallest absolute Gasteiger partial charge is 0.251 e. The molecule has 0 aliphatic rings. The molecule has 0 unspecified atom stereocenters. The van der Waals surface area contributed by atoms with Crippen molar-refractivity contribution in [1.29, 1.82) is 0 Å². The molecule has 0 saturated carbocycles. The van der Waals surface area contributed by atoms with Gasteiger partial charge in [0.15, 0.2) is 5.96 Å². The number of nitrogens with zero attached hydrogens (tertiary/aromatic N) is 2. The van der Waals surface area contributed by atoms with E-state index in [1.165, 1.54) is 0 Å². The number of carbonyl (C=O) groups excluding carboxylic acids is 1. The Hall–Kier alpha value is -1.39. The molecule has 1 amide bonds. The van der Waals surface area contributed by atoms with Crippen LogP contribution in [0.3, 0.4) is 0 Å². The van der Waals surface area contributed by atoms with Crippen LogP contribution in [0.4, 0.5) is 0 Å². The van der Waals surface area contributed by atoms with Gasteiger partial charge in [0.05, 0.1) is 6.54 Å². The van der Waals surface area contributed by atoms with Gasteiger partial charge in [-0.1, -0.05) is 25.5 Å².